The van der Waals surface area contributed by atoms with Crippen molar-refractivity contribution >= 4 is 5.91 Å². The molecular weight excluding hydrogens is 290 g/mol. The summed E-state index contributed by atoms with van der Waals surface area (Å²) >= 11 is 0. The van der Waals surface area contributed by atoms with Crippen molar-refractivity contribution < 1.29 is 9.21 Å². The zero-order valence-corrected chi connectivity index (χ0v) is 14.0. The summed E-state index contributed by atoms with van der Waals surface area (Å²) in [5.74, 6) is 3.01. The van der Waals surface area contributed by atoms with E-state index in [2.05, 4.69) is 10.3 Å². The zero-order valence-electron chi connectivity index (χ0n) is 14.0. The van der Waals surface area contributed by atoms with Crippen LogP contribution in [0.1, 0.15) is 74.8 Å². The monoisotopic (exact) mass is 317 g/mol. The molecule has 4 bridgehead atoms. The van der Waals surface area contributed by atoms with Gasteiger partial charge in [0.2, 0.25) is 5.89 Å². The first-order chi connectivity index (χ1) is 10.9. The van der Waals surface area contributed by atoms with Crippen LogP contribution in [-0.2, 0) is 0 Å². The summed E-state index contributed by atoms with van der Waals surface area (Å²) in [7, 11) is 0. The summed E-state index contributed by atoms with van der Waals surface area (Å²) in [6.45, 7) is 4.04. The third-order valence-corrected chi connectivity index (χ3v) is 6.17. The van der Waals surface area contributed by atoms with E-state index in [0.29, 0.717) is 11.6 Å². The fourth-order valence-electron chi connectivity index (χ4n) is 5.40. The van der Waals surface area contributed by atoms with Crippen LogP contribution in [0.3, 0.4) is 0 Å². The predicted octanol–water partition coefficient (Wildman–Crippen LogP) is 3.03. The van der Waals surface area contributed by atoms with Crippen molar-refractivity contribution in [3.05, 3.63) is 17.8 Å². The quantitative estimate of drug-likeness (QED) is 0.894. The lowest BCUT2D eigenvalue weighted by atomic mass is 9.53. The molecule has 5 nitrogen and oxygen atoms in total. The Morgan fingerprint density at radius 1 is 1.26 bits per heavy atom. The first kappa shape index (κ1) is 15.2. The lowest BCUT2D eigenvalue weighted by Crippen LogP contribution is -2.59. The van der Waals surface area contributed by atoms with Crippen LogP contribution < -0.4 is 11.1 Å². The molecule has 0 saturated heterocycles. The van der Waals surface area contributed by atoms with Gasteiger partial charge in [-0.05, 0) is 62.2 Å². The Labute approximate surface area is 137 Å². The molecule has 1 heterocycles. The van der Waals surface area contributed by atoms with Crippen molar-refractivity contribution in [1.29, 1.82) is 0 Å². The number of rotatable bonds is 4. The summed E-state index contributed by atoms with van der Waals surface area (Å²) in [5, 5.41) is 3.32. The number of amides is 1. The van der Waals surface area contributed by atoms with Crippen LogP contribution in [0.15, 0.2) is 10.7 Å². The molecule has 4 aliphatic rings. The number of hydrogen-bond donors (Lipinski definition) is 2. The van der Waals surface area contributed by atoms with Crippen LogP contribution in [0, 0.1) is 23.7 Å². The number of aromatic nitrogens is 1. The standard InChI is InChI=1S/C18H27N3O2/c1-10(2)15(19)17-20-14(9-23-17)16(22)21-18-6-11-3-12(7-18)5-13(4-11)8-18/h9-13,15H,3-8,19H2,1-2H3,(H,21,22). The molecule has 5 heteroatoms. The van der Waals surface area contributed by atoms with E-state index in [0.717, 1.165) is 37.0 Å². The fourth-order valence-corrected chi connectivity index (χ4v) is 5.40. The molecular formula is C18H27N3O2. The lowest BCUT2D eigenvalue weighted by molar-refractivity contribution is -0.0167. The number of nitrogens with two attached hydrogens (primary N) is 1. The Morgan fingerprint density at radius 2 is 1.83 bits per heavy atom. The Morgan fingerprint density at radius 3 is 2.35 bits per heavy atom. The highest BCUT2D eigenvalue weighted by atomic mass is 16.3. The van der Waals surface area contributed by atoms with Crippen molar-refractivity contribution in [2.75, 3.05) is 0 Å². The SMILES string of the molecule is CC(C)C(N)c1nc(C(=O)NC23CC4CC(CC(C4)C2)C3)co1. The first-order valence-corrected chi connectivity index (χ1v) is 8.97. The summed E-state index contributed by atoms with van der Waals surface area (Å²) in [5.41, 5.74) is 6.42. The molecule has 1 unspecified atom stereocenters. The van der Waals surface area contributed by atoms with Gasteiger partial charge in [0, 0.05) is 5.54 Å². The van der Waals surface area contributed by atoms with Crippen LogP contribution in [0.2, 0.25) is 0 Å². The first-order valence-electron chi connectivity index (χ1n) is 8.97. The van der Waals surface area contributed by atoms with Gasteiger partial charge in [0.15, 0.2) is 5.69 Å². The molecule has 0 radical (unpaired) electrons. The molecule has 126 valence electrons. The highest BCUT2D eigenvalue weighted by Gasteiger charge is 2.51. The lowest BCUT2D eigenvalue weighted by Gasteiger charge is -2.56. The average Bonchev–Trinajstić information content (AvgIpc) is 2.94. The maximum atomic E-state index is 12.7. The molecule has 4 aliphatic carbocycles. The molecule has 3 N–H and O–H groups in total. The van der Waals surface area contributed by atoms with Gasteiger partial charge in [0.25, 0.3) is 5.91 Å². The van der Waals surface area contributed by atoms with Gasteiger partial charge >= 0.3 is 0 Å². The van der Waals surface area contributed by atoms with Crippen LogP contribution in [-0.4, -0.2) is 16.4 Å². The molecule has 4 fully saturated rings. The summed E-state index contributed by atoms with van der Waals surface area (Å²) in [4.78, 5) is 17.0. The van der Waals surface area contributed by atoms with Crippen LogP contribution in [0.25, 0.3) is 0 Å². The van der Waals surface area contributed by atoms with Crippen molar-refractivity contribution in [2.45, 2.75) is 64.0 Å². The molecule has 1 aromatic rings. The number of oxazole rings is 1. The minimum Gasteiger partial charge on any atom is -0.446 e. The Hall–Kier alpha value is -1.36. The second-order valence-corrected chi connectivity index (χ2v) is 8.49. The summed E-state index contributed by atoms with van der Waals surface area (Å²) < 4.78 is 5.43. The van der Waals surface area contributed by atoms with Gasteiger partial charge in [-0.15, -0.1) is 0 Å². The highest BCUT2D eigenvalue weighted by Crippen LogP contribution is 2.55. The molecule has 23 heavy (non-hydrogen) atoms. The number of carbonyl (C=O) groups is 1. The molecule has 0 aromatic carbocycles. The van der Waals surface area contributed by atoms with E-state index in [9.17, 15) is 4.79 Å². The normalized spacial score (nSPS) is 36.4. The van der Waals surface area contributed by atoms with Gasteiger partial charge in [0.1, 0.15) is 6.26 Å². The minimum atomic E-state index is -0.268. The highest BCUT2D eigenvalue weighted by molar-refractivity contribution is 5.92. The van der Waals surface area contributed by atoms with Crippen LogP contribution >= 0.6 is 0 Å². The molecule has 1 aromatic heterocycles. The van der Waals surface area contributed by atoms with E-state index in [-0.39, 0.29) is 23.4 Å². The third-order valence-electron chi connectivity index (χ3n) is 6.17. The average molecular weight is 317 g/mol. The van der Waals surface area contributed by atoms with E-state index in [1.165, 1.54) is 25.5 Å². The van der Waals surface area contributed by atoms with Gasteiger partial charge in [-0.2, -0.15) is 0 Å². The Kier molecular flexibility index (Phi) is 3.52. The van der Waals surface area contributed by atoms with Gasteiger partial charge in [0.05, 0.1) is 6.04 Å². The fraction of sp³-hybridized carbons (Fsp3) is 0.778. The second-order valence-electron chi connectivity index (χ2n) is 8.49. The van der Waals surface area contributed by atoms with Crippen molar-refractivity contribution in [2.24, 2.45) is 29.4 Å². The maximum Gasteiger partial charge on any atom is 0.273 e. The van der Waals surface area contributed by atoms with E-state index in [1.54, 1.807) is 0 Å². The van der Waals surface area contributed by atoms with Gasteiger partial charge in [-0.25, -0.2) is 4.98 Å². The zero-order chi connectivity index (χ0) is 16.2. The number of carbonyl (C=O) groups excluding carboxylic acids is 1. The number of nitrogens with one attached hydrogen (secondary N) is 1. The molecule has 0 aliphatic heterocycles. The minimum absolute atomic E-state index is 0.00507. The molecule has 1 amide bonds. The maximum absolute atomic E-state index is 12.7. The second kappa shape index (κ2) is 5.33. The van der Waals surface area contributed by atoms with E-state index >= 15 is 0 Å². The predicted molar refractivity (Wildman–Crippen MR) is 86.6 cm³/mol. The molecule has 1 atom stereocenters. The van der Waals surface area contributed by atoms with E-state index in [1.807, 2.05) is 13.8 Å². The van der Waals surface area contributed by atoms with Gasteiger partial charge < -0.3 is 15.5 Å². The largest absolute Gasteiger partial charge is 0.446 e. The van der Waals surface area contributed by atoms with Crippen LogP contribution in [0.5, 0.6) is 0 Å². The summed E-state index contributed by atoms with van der Waals surface area (Å²) in [6, 6.07) is -0.268. The van der Waals surface area contributed by atoms with Gasteiger partial charge in [-0.3, -0.25) is 4.79 Å². The number of hydrogen-bond acceptors (Lipinski definition) is 4. The van der Waals surface area contributed by atoms with Crippen molar-refractivity contribution in [3.63, 3.8) is 0 Å². The van der Waals surface area contributed by atoms with E-state index in [4.69, 9.17) is 10.2 Å². The van der Waals surface area contributed by atoms with E-state index < -0.39 is 0 Å². The number of nitrogens with zero attached hydrogens (tertiary/aromatic N) is 1. The van der Waals surface area contributed by atoms with Crippen molar-refractivity contribution in [3.8, 4) is 0 Å². The van der Waals surface area contributed by atoms with Gasteiger partial charge in [-0.1, -0.05) is 13.8 Å². The molecule has 4 saturated carbocycles. The smallest absolute Gasteiger partial charge is 0.273 e. The Bertz CT molecular complexity index is 572. The van der Waals surface area contributed by atoms with Crippen molar-refractivity contribution in [1.82, 2.24) is 10.3 Å². The molecule has 5 rings (SSSR count). The van der Waals surface area contributed by atoms with Crippen LogP contribution in [0.4, 0.5) is 0 Å². The molecule has 0 spiro atoms. The topological polar surface area (TPSA) is 81.1 Å². The third kappa shape index (κ3) is 2.69. The summed E-state index contributed by atoms with van der Waals surface area (Å²) in [6.07, 6.45) is 8.97. The Balaban J connectivity index is 1.48.